The fraction of sp³-hybridized carbons (Fsp3) is 0.333. The number of benzene rings is 1. The Morgan fingerprint density at radius 3 is 2.52 bits per heavy atom. The van der Waals surface area contributed by atoms with E-state index in [0.717, 1.165) is 24.0 Å². The monoisotopic (exact) mass is 280 g/mol. The number of amides is 1. The first-order valence-corrected chi connectivity index (χ1v) is 7.65. The smallest absolute Gasteiger partial charge is 0.270 e. The van der Waals surface area contributed by atoms with Crippen LogP contribution in [0.3, 0.4) is 0 Å². The molecule has 0 bridgehead atoms. The predicted molar refractivity (Wildman–Crippen MR) is 84.0 cm³/mol. The highest BCUT2D eigenvalue weighted by molar-refractivity contribution is 5.93. The molecule has 21 heavy (non-hydrogen) atoms. The number of carbonyl (C=O) groups is 1. The second-order valence-electron chi connectivity index (χ2n) is 5.60. The molecule has 0 unspecified atom stereocenters. The van der Waals surface area contributed by atoms with Crippen molar-refractivity contribution in [3.63, 3.8) is 0 Å². The van der Waals surface area contributed by atoms with Crippen LogP contribution in [-0.2, 0) is 0 Å². The number of nitrogens with one attached hydrogen (secondary N) is 1. The Kier molecular flexibility index (Phi) is 4.29. The quantitative estimate of drug-likeness (QED) is 0.929. The molecule has 0 radical (unpaired) electrons. The predicted octanol–water partition coefficient (Wildman–Crippen LogP) is 3.81. The average molecular weight is 280 g/mol. The summed E-state index contributed by atoms with van der Waals surface area (Å²) >= 11 is 0. The number of nitrogens with zero attached hydrogens (tertiary/aromatic N) is 1. The molecule has 108 valence electrons. The van der Waals surface area contributed by atoms with E-state index in [1.54, 1.807) is 6.20 Å². The fourth-order valence-corrected chi connectivity index (χ4v) is 2.87. The Balaban J connectivity index is 1.74. The zero-order valence-corrected chi connectivity index (χ0v) is 12.1. The first-order valence-electron chi connectivity index (χ1n) is 7.65. The SMILES string of the molecule is O=C(NC1CCCCC1)c1cc(-c2ccccc2)ccn1. The third kappa shape index (κ3) is 3.48. The second-order valence-corrected chi connectivity index (χ2v) is 5.60. The van der Waals surface area contributed by atoms with E-state index in [9.17, 15) is 4.79 Å². The van der Waals surface area contributed by atoms with Crippen molar-refractivity contribution in [3.05, 3.63) is 54.4 Å². The number of rotatable bonds is 3. The lowest BCUT2D eigenvalue weighted by Gasteiger charge is -2.22. The molecule has 1 aliphatic carbocycles. The van der Waals surface area contributed by atoms with Crippen LogP contribution in [0.25, 0.3) is 11.1 Å². The van der Waals surface area contributed by atoms with Crippen molar-refractivity contribution >= 4 is 5.91 Å². The number of hydrogen-bond donors (Lipinski definition) is 1. The highest BCUT2D eigenvalue weighted by Gasteiger charge is 2.17. The molecule has 3 rings (SSSR count). The van der Waals surface area contributed by atoms with E-state index in [0.29, 0.717) is 11.7 Å². The topological polar surface area (TPSA) is 42.0 Å². The van der Waals surface area contributed by atoms with Gasteiger partial charge in [-0.05, 0) is 36.1 Å². The Morgan fingerprint density at radius 2 is 1.76 bits per heavy atom. The first kappa shape index (κ1) is 13.8. The molecule has 1 aromatic carbocycles. The first-order chi connectivity index (χ1) is 10.3. The number of carbonyl (C=O) groups excluding carboxylic acids is 1. The number of aromatic nitrogens is 1. The van der Waals surface area contributed by atoms with Gasteiger partial charge in [0, 0.05) is 12.2 Å². The summed E-state index contributed by atoms with van der Waals surface area (Å²) < 4.78 is 0. The molecular formula is C18H20N2O. The molecule has 1 saturated carbocycles. The van der Waals surface area contributed by atoms with Crippen LogP contribution in [0.5, 0.6) is 0 Å². The van der Waals surface area contributed by atoms with Crippen molar-refractivity contribution in [3.8, 4) is 11.1 Å². The van der Waals surface area contributed by atoms with Crippen molar-refractivity contribution in [1.82, 2.24) is 10.3 Å². The van der Waals surface area contributed by atoms with Gasteiger partial charge < -0.3 is 5.32 Å². The van der Waals surface area contributed by atoms with E-state index in [1.165, 1.54) is 19.3 Å². The van der Waals surface area contributed by atoms with Gasteiger partial charge in [0.2, 0.25) is 0 Å². The largest absolute Gasteiger partial charge is 0.348 e. The van der Waals surface area contributed by atoms with E-state index in [4.69, 9.17) is 0 Å². The van der Waals surface area contributed by atoms with Gasteiger partial charge in [0.1, 0.15) is 5.69 Å². The van der Waals surface area contributed by atoms with Gasteiger partial charge in [-0.2, -0.15) is 0 Å². The molecule has 1 N–H and O–H groups in total. The van der Waals surface area contributed by atoms with Gasteiger partial charge in [-0.15, -0.1) is 0 Å². The van der Waals surface area contributed by atoms with Crippen molar-refractivity contribution in [2.45, 2.75) is 38.1 Å². The van der Waals surface area contributed by atoms with Gasteiger partial charge in [0.25, 0.3) is 5.91 Å². The highest BCUT2D eigenvalue weighted by atomic mass is 16.1. The summed E-state index contributed by atoms with van der Waals surface area (Å²) in [6, 6.07) is 14.2. The molecule has 0 spiro atoms. The second kappa shape index (κ2) is 6.53. The van der Waals surface area contributed by atoms with Gasteiger partial charge in [-0.1, -0.05) is 49.6 Å². The molecule has 1 fully saturated rings. The van der Waals surface area contributed by atoms with E-state index in [-0.39, 0.29) is 5.91 Å². The molecule has 1 heterocycles. The molecule has 0 saturated heterocycles. The van der Waals surface area contributed by atoms with Crippen molar-refractivity contribution in [2.75, 3.05) is 0 Å². The molecule has 2 aromatic rings. The maximum Gasteiger partial charge on any atom is 0.270 e. The molecule has 1 aromatic heterocycles. The minimum atomic E-state index is -0.0559. The van der Waals surface area contributed by atoms with Gasteiger partial charge in [-0.3, -0.25) is 9.78 Å². The summed E-state index contributed by atoms with van der Waals surface area (Å²) in [6.07, 6.45) is 7.59. The molecule has 0 aliphatic heterocycles. The van der Waals surface area contributed by atoms with E-state index in [2.05, 4.69) is 10.3 Å². The summed E-state index contributed by atoms with van der Waals surface area (Å²) in [5.74, 6) is -0.0559. The summed E-state index contributed by atoms with van der Waals surface area (Å²) in [4.78, 5) is 16.5. The van der Waals surface area contributed by atoms with E-state index in [1.807, 2.05) is 42.5 Å². The van der Waals surface area contributed by atoms with Gasteiger partial charge in [0.05, 0.1) is 0 Å². The fourth-order valence-electron chi connectivity index (χ4n) is 2.87. The highest BCUT2D eigenvalue weighted by Crippen LogP contribution is 2.20. The van der Waals surface area contributed by atoms with Crippen molar-refractivity contribution < 1.29 is 4.79 Å². The maximum atomic E-state index is 12.3. The lowest BCUT2D eigenvalue weighted by Crippen LogP contribution is -2.36. The van der Waals surface area contributed by atoms with E-state index < -0.39 is 0 Å². The summed E-state index contributed by atoms with van der Waals surface area (Å²) in [5, 5.41) is 3.11. The summed E-state index contributed by atoms with van der Waals surface area (Å²) in [7, 11) is 0. The maximum absolute atomic E-state index is 12.3. The minimum absolute atomic E-state index is 0.0559. The Morgan fingerprint density at radius 1 is 1.00 bits per heavy atom. The van der Waals surface area contributed by atoms with Crippen LogP contribution in [0.4, 0.5) is 0 Å². The molecule has 1 aliphatic rings. The lowest BCUT2D eigenvalue weighted by molar-refractivity contribution is 0.0922. The van der Waals surface area contributed by atoms with Gasteiger partial charge in [-0.25, -0.2) is 0 Å². The zero-order chi connectivity index (χ0) is 14.5. The molecule has 1 amide bonds. The molecule has 0 atom stereocenters. The third-order valence-corrected chi connectivity index (χ3v) is 4.04. The standard InChI is InChI=1S/C18H20N2O/c21-18(20-16-9-5-2-6-10-16)17-13-15(11-12-19-17)14-7-3-1-4-8-14/h1,3-4,7-8,11-13,16H,2,5-6,9-10H2,(H,20,21). The lowest BCUT2D eigenvalue weighted by atomic mass is 9.95. The van der Waals surface area contributed by atoms with Crippen LogP contribution in [0.15, 0.2) is 48.7 Å². The normalized spacial score (nSPS) is 15.6. The Hall–Kier alpha value is -2.16. The zero-order valence-electron chi connectivity index (χ0n) is 12.1. The van der Waals surface area contributed by atoms with Crippen molar-refractivity contribution in [2.24, 2.45) is 0 Å². The third-order valence-electron chi connectivity index (χ3n) is 4.04. The summed E-state index contributed by atoms with van der Waals surface area (Å²) in [5.41, 5.74) is 2.63. The number of pyridine rings is 1. The Bertz CT molecular complexity index is 604. The van der Waals surface area contributed by atoms with Crippen molar-refractivity contribution in [1.29, 1.82) is 0 Å². The van der Waals surface area contributed by atoms with Gasteiger partial charge in [0.15, 0.2) is 0 Å². The molecule has 3 heteroatoms. The van der Waals surface area contributed by atoms with Crippen LogP contribution in [0.2, 0.25) is 0 Å². The van der Waals surface area contributed by atoms with Crippen LogP contribution < -0.4 is 5.32 Å². The minimum Gasteiger partial charge on any atom is -0.348 e. The number of hydrogen-bond acceptors (Lipinski definition) is 2. The van der Waals surface area contributed by atoms with Crippen LogP contribution in [0, 0.1) is 0 Å². The Labute approximate surface area is 125 Å². The van der Waals surface area contributed by atoms with E-state index >= 15 is 0 Å². The molecular weight excluding hydrogens is 260 g/mol. The average Bonchev–Trinajstić information content (AvgIpc) is 2.57. The van der Waals surface area contributed by atoms with Crippen LogP contribution >= 0.6 is 0 Å². The van der Waals surface area contributed by atoms with Gasteiger partial charge >= 0.3 is 0 Å². The molecule has 3 nitrogen and oxygen atoms in total. The van der Waals surface area contributed by atoms with Crippen LogP contribution in [-0.4, -0.2) is 16.9 Å². The van der Waals surface area contributed by atoms with Crippen LogP contribution in [0.1, 0.15) is 42.6 Å². The summed E-state index contributed by atoms with van der Waals surface area (Å²) in [6.45, 7) is 0.